The van der Waals surface area contributed by atoms with Crippen molar-refractivity contribution in [3.8, 4) is 11.4 Å². The van der Waals surface area contributed by atoms with Crippen LogP contribution >= 0.6 is 0 Å². The molecule has 3 heterocycles. The van der Waals surface area contributed by atoms with E-state index in [0.717, 1.165) is 27.7 Å². The summed E-state index contributed by atoms with van der Waals surface area (Å²) >= 11 is 0. The highest BCUT2D eigenvalue weighted by Gasteiger charge is 2.17. The molecule has 3 aromatic heterocycles. The van der Waals surface area contributed by atoms with Crippen molar-refractivity contribution in [2.24, 2.45) is 0 Å². The van der Waals surface area contributed by atoms with Gasteiger partial charge in [-0.2, -0.15) is 4.98 Å². The zero-order valence-electron chi connectivity index (χ0n) is 14.9. The molecule has 4 rings (SSSR count). The SMILES string of the molecule is Cc1ccc2cc(-c3noc(C)n3)c(N[C@H](C)c3ccccn3)nc2c1. The predicted octanol–water partition coefficient (Wildman–Crippen LogP) is 4.47. The first-order valence-electron chi connectivity index (χ1n) is 8.50. The van der Waals surface area contributed by atoms with Crippen LogP contribution in [0.4, 0.5) is 5.82 Å². The van der Waals surface area contributed by atoms with Gasteiger partial charge in [0.15, 0.2) is 0 Å². The van der Waals surface area contributed by atoms with Crippen molar-refractivity contribution >= 4 is 16.7 Å². The normalized spacial score (nSPS) is 12.3. The Hall–Kier alpha value is -3.28. The summed E-state index contributed by atoms with van der Waals surface area (Å²) in [4.78, 5) is 13.6. The quantitative estimate of drug-likeness (QED) is 0.588. The van der Waals surface area contributed by atoms with E-state index < -0.39 is 0 Å². The third-order valence-electron chi connectivity index (χ3n) is 4.23. The van der Waals surface area contributed by atoms with E-state index in [2.05, 4.69) is 52.5 Å². The Bertz CT molecular complexity index is 1060. The number of nitrogens with zero attached hydrogens (tertiary/aromatic N) is 4. The van der Waals surface area contributed by atoms with Crippen molar-refractivity contribution in [3.63, 3.8) is 0 Å². The van der Waals surface area contributed by atoms with Gasteiger partial charge in [-0.25, -0.2) is 4.98 Å². The van der Waals surface area contributed by atoms with E-state index in [1.54, 1.807) is 13.1 Å². The Morgan fingerprint density at radius 3 is 2.65 bits per heavy atom. The van der Waals surface area contributed by atoms with Gasteiger partial charge in [-0.05, 0) is 43.7 Å². The average Bonchev–Trinajstić information content (AvgIpc) is 3.08. The molecule has 0 saturated carbocycles. The molecule has 0 saturated heterocycles. The summed E-state index contributed by atoms with van der Waals surface area (Å²) in [6.45, 7) is 5.88. The number of hydrogen-bond acceptors (Lipinski definition) is 6. The molecule has 1 atom stereocenters. The molecule has 0 amide bonds. The van der Waals surface area contributed by atoms with Crippen LogP contribution in [0.15, 0.2) is 53.2 Å². The summed E-state index contributed by atoms with van der Waals surface area (Å²) in [5.74, 6) is 1.75. The zero-order valence-corrected chi connectivity index (χ0v) is 14.9. The fourth-order valence-electron chi connectivity index (χ4n) is 2.88. The van der Waals surface area contributed by atoms with Crippen LogP contribution < -0.4 is 5.32 Å². The summed E-state index contributed by atoms with van der Waals surface area (Å²) < 4.78 is 5.17. The number of fused-ring (bicyclic) bond motifs is 1. The summed E-state index contributed by atoms with van der Waals surface area (Å²) in [5.41, 5.74) is 3.83. The van der Waals surface area contributed by atoms with Gasteiger partial charge < -0.3 is 9.84 Å². The van der Waals surface area contributed by atoms with Crippen molar-refractivity contribution in [2.75, 3.05) is 5.32 Å². The van der Waals surface area contributed by atoms with Gasteiger partial charge in [-0.1, -0.05) is 23.4 Å². The lowest BCUT2D eigenvalue weighted by Crippen LogP contribution is -2.10. The Morgan fingerprint density at radius 1 is 1.04 bits per heavy atom. The fourth-order valence-corrected chi connectivity index (χ4v) is 2.88. The largest absolute Gasteiger partial charge is 0.361 e. The molecule has 6 nitrogen and oxygen atoms in total. The molecule has 1 N–H and O–H groups in total. The third-order valence-corrected chi connectivity index (χ3v) is 4.23. The van der Waals surface area contributed by atoms with Gasteiger partial charge in [-0.3, -0.25) is 4.98 Å². The second-order valence-corrected chi connectivity index (χ2v) is 6.34. The first kappa shape index (κ1) is 16.2. The first-order valence-corrected chi connectivity index (χ1v) is 8.50. The Balaban J connectivity index is 1.82. The molecule has 0 aliphatic heterocycles. The van der Waals surface area contributed by atoms with Crippen LogP contribution in [0.5, 0.6) is 0 Å². The third kappa shape index (κ3) is 3.13. The Morgan fingerprint density at radius 2 is 1.92 bits per heavy atom. The van der Waals surface area contributed by atoms with Crippen LogP contribution in [-0.2, 0) is 0 Å². The minimum Gasteiger partial charge on any atom is -0.361 e. The molecule has 0 fully saturated rings. The second kappa shape index (κ2) is 6.55. The molecule has 26 heavy (non-hydrogen) atoms. The number of anilines is 1. The average molecular weight is 345 g/mol. The minimum absolute atomic E-state index is 0.0160. The van der Waals surface area contributed by atoms with E-state index in [-0.39, 0.29) is 6.04 Å². The summed E-state index contributed by atoms with van der Waals surface area (Å²) in [6, 6.07) is 14.1. The maximum Gasteiger partial charge on any atom is 0.223 e. The molecule has 1 aromatic carbocycles. The van der Waals surface area contributed by atoms with E-state index >= 15 is 0 Å². The van der Waals surface area contributed by atoms with Gasteiger partial charge in [0.05, 0.1) is 22.8 Å². The van der Waals surface area contributed by atoms with E-state index in [1.807, 2.05) is 24.3 Å². The summed E-state index contributed by atoms with van der Waals surface area (Å²) in [6.07, 6.45) is 1.79. The number of hydrogen-bond donors (Lipinski definition) is 1. The van der Waals surface area contributed by atoms with Crippen molar-refractivity contribution in [3.05, 3.63) is 65.8 Å². The lowest BCUT2D eigenvalue weighted by atomic mass is 10.1. The molecule has 6 heteroatoms. The van der Waals surface area contributed by atoms with E-state index in [0.29, 0.717) is 17.5 Å². The Labute approximate surface area is 151 Å². The summed E-state index contributed by atoms with van der Waals surface area (Å²) in [7, 11) is 0. The summed E-state index contributed by atoms with van der Waals surface area (Å²) in [5, 5.41) is 8.55. The van der Waals surface area contributed by atoms with Gasteiger partial charge in [-0.15, -0.1) is 0 Å². The number of benzene rings is 1. The Kier molecular flexibility index (Phi) is 4.08. The van der Waals surface area contributed by atoms with Crippen LogP contribution in [0.25, 0.3) is 22.3 Å². The van der Waals surface area contributed by atoms with Crippen LogP contribution in [0, 0.1) is 13.8 Å². The lowest BCUT2D eigenvalue weighted by Gasteiger charge is -2.16. The van der Waals surface area contributed by atoms with Crippen molar-refractivity contribution < 1.29 is 4.52 Å². The molecule has 130 valence electrons. The number of pyridine rings is 2. The highest BCUT2D eigenvalue weighted by Crippen LogP contribution is 2.30. The first-order chi connectivity index (χ1) is 12.6. The maximum atomic E-state index is 5.17. The van der Waals surface area contributed by atoms with E-state index in [4.69, 9.17) is 9.51 Å². The highest BCUT2D eigenvalue weighted by molar-refractivity contribution is 5.88. The second-order valence-electron chi connectivity index (χ2n) is 6.34. The van der Waals surface area contributed by atoms with Crippen LogP contribution in [0.1, 0.15) is 30.1 Å². The zero-order chi connectivity index (χ0) is 18.1. The van der Waals surface area contributed by atoms with Gasteiger partial charge in [0.2, 0.25) is 11.7 Å². The molecule has 0 unspecified atom stereocenters. The lowest BCUT2D eigenvalue weighted by molar-refractivity contribution is 0.394. The number of aryl methyl sites for hydroxylation is 2. The minimum atomic E-state index is -0.0160. The van der Waals surface area contributed by atoms with Crippen molar-refractivity contribution in [2.45, 2.75) is 26.8 Å². The maximum absolute atomic E-state index is 5.17. The van der Waals surface area contributed by atoms with Crippen LogP contribution in [0.2, 0.25) is 0 Å². The molecular formula is C20H19N5O. The number of aromatic nitrogens is 4. The van der Waals surface area contributed by atoms with Crippen molar-refractivity contribution in [1.82, 2.24) is 20.1 Å². The van der Waals surface area contributed by atoms with Crippen molar-refractivity contribution in [1.29, 1.82) is 0 Å². The van der Waals surface area contributed by atoms with Gasteiger partial charge in [0.25, 0.3) is 0 Å². The molecular weight excluding hydrogens is 326 g/mol. The van der Waals surface area contributed by atoms with Crippen LogP contribution in [0.3, 0.4) is 0 Å². The molecule has 0 radical (unpaired) electrons. The molecule has 0 spiro atoms. The smallest absolute Gasteiger partial charge is 0.223 e. The van der Waals surface area contributed by atoms with E-state index in [1.165, 1.54) is 0 Å². The predicted molar refractivity (Wildman–Crippen MR) is 101 cm³/mol. The topological polar surface area (TPSA) is 76.7 Å². The van der Waals surface area contributed by atoms with Gasteiger partial charge >= 0.3 is 0 Å². The standard InChI is InChI=1S/C20H19N5O/c1-12-7-8-15-11-16(20-23-14(3)26-25-20)19(24-18(15)10-12)22-13(2)17-6-4-5-9-21-17/h4-11,13H,1-3H3,(H,22,24)/t13-/m1/s1. The van der Waals surface area contributed by atoms with E-state index in [9.17, 15) is 0 Å². The highest BCUT2D eigenvalue weighted by atomic mass is 16.5. The van der Waals surface area contributed by atoms with Gasteiger partial charge in [0, 0.05) is 18.5 Å². The monoisotopic (exact) mass is 345 g/mol. The van der Waals surface area contributed by atoms with Crippen LogP contribution in [-0.4, -0.2) is 20.1 Å². The fraction of sp³-hybridized carbons (Fsp3) is 0.200. The molecule has 0 aliphatic rings. The number of nitrogens with one attached hydrogen (secondary N) is 1. The number of rotatable bonds is 4. The molecule has 0 bridgehead atoms. The molecule has 0 aliphatic carbocycles. The van der Waals surface area contributed by atoms with Gasteiger partial charge in [0.1, 0.15) is 5.82 Å². The molecule has 4 aromatic rings.